The molecule has 7 nitrogen and oxygen atoms in total. The molecule has 0 bridgehead atoms. The Balaban J connectivity index is 1.46. The summed E-state index contributed by atoms with van der Waals surface area (Å²) in [5.41, 5.74) is 1.63. The Morgan fingerprint density at radius 1 is 0.951 bits per heavy atom. The minimum Gasteiger partial charge on any atom is -0.385 e. The molecule has 1 unspecified atom stereocenters. The van der Waals surface area contributed by atoms with E-state index in [1.807, 2.05) is 6.07 Å². The monoisotopic (exact) mass is 567 g/mol. The summed E-state index contributed by atoms with van der Waals surface area (Å²) in [5.74, 6) is 0.930. The predicted octanol–water partition coefficient (Wildman–Crippen LogP) is 5.82. The molecule has 7 heteroatoms. The number of hydrogen-bond acceptors (Lipinski definition) is 7. The molecule has 1 aliphatic heterocycles. The van der Waals surface area contributed by atoms with Crippen LogP contribution in [-0.2, 0) is 9.47 Å². The molecule has 41 heavy (non-hydrogen) atoms. The smallest absolute Gasteiger partial charge is 0.253 e. The molecule has 2 fully saturated rings. The molecule has 3 atom stereocenters. The molecule has 0 amide bonds. The van der Waals surface area contributed by atoms with Crippen LogP contribution in [0.25, 0.3) is 0 Å². The van der Waals surface area contributed by atoms with Gasteiger partial charge in [0.1, 0.15) is 11.4 Å². The van der Waals surface area contributed by atoms with E-state index < -0.39 is 0 Å². The second-order valence-corrected chi connectivity index (χ2v) is 12.3. The van der Waals surface area contributed by atoms with Crippen molar-refractivity contribution < 1.29 is 9.47 Å². The summed E-state index contributed by atoms with van der Waals surface area (Å²) in [6, 6.07) is 10.6. The van der Waals surface area contributed by atoms with Crippen LogP contribution >= 0.6 is 0 Å². The topological polar surface area (TPSA) is 79.9 Å². The van der Waals surface area contributed by atoms with Crippen LogP contribution < -0.4 is 26.4 Å². The van der Waals surface area contributed by atoms with Crippen LogP contribution in [0.2, 0.25) is 0 Å². The highest BCUT2D eigenvalue weighted by atomic mass is 16.5. The van der Waals surface area contributed by atoms with E-state index in [2.05, 4.69) is 46.7 Å². The fraction of sp³-hybridized carbons (Fsp3) is 0.706. The minimum atomic E-state index is -0.350. The number of ether oxygens (including phenoxy) is 2. The van der Waals surface area contributed by atoms with Crippen LogP contribution in [0.1, 0.15) is 95.6 Å². The number of rotatable bonds is 18. The number of benzene rings is 1. The van der Waals surface area contributed by atoms with Gasteiger partial charge in [0.2, 0.25) is 0 Å². The third-order valence-electron chi connectivity index (χ3n) is 9.04. The molecule has 0 spiro atoms. The molecule has 2 aromatic rings. The van der Waals surface area contributed by atoms with Crippen LogP contribution in [0.5, 0.6) is 0 Å². The third-order valence-corrected chi connectivity index (χ3v) is 9.04. The molecule has 2 aromatic carbocycles. The van der Waals surface area contributed by atoms with Gasteiger partial charge in [0, 0.05) is 51.9 Å². The van der Waals surface area contributed by atoms with Gasteiger partial charge in [-0.25, -0.2) is 0 Å². The molecule has 1 saturated carbocycles. The number of unbranched alkanes of at least 4 members (excludes halogenated alkanes) is 2. The Labute approximate surface area is 247 Å². The zero-order valence-electron chi connectivity index (χ0n) is 25.5. The lowest BCUT2D eigenvalue weighted by atomic mass is 9.84. The molecule has 0 aromatic heterocycles. The van der Waals surface area contributed by atoms with Crippen LogP contribution in [0, 0.1) is 11.8 Å². The normalized spacial score (nSPS) is 19.9. The van der Waals surface area contributed by atoms with Crippen LogP contribution in [0.4, 0.5) is 11.4 Å². The highest BCUT2D eigenvalue weighted by Crippen LogP contribution is 2.36. The predicted molar refractivity (Wildman–Crippen MR) is 169 cm³/mol. The van der Waals surface area contributed by atoms with Crippen molar-refractivity contribution in [2.45, 2.75) is 96.1 Å². The summed E-state index contributed by atoms with van der Waals surface area (Å²) in [6.07, 6.45) is 13.9. The van der Waals surface area contributed by atoms with E-state index in [9.17, 15) is 9.59 Å². The molecular formula is C34H53N3O4. The minimum absolute atomic E-state index is 0.0508. The fourth-order valence-electron chi connectivity index (χ4n) is 6.84. The van der Waals surface area contributed by atoms with Gasteiger partial charge in [-0.05, 0) is 50.1 Å². The Morgan fingerprint density at radius 2 is 1.76 bits per heavy atom. The van der Waals surface area contributed by atoms with E-state index in [0.29, 0.717) is 37.1 Å². The molecule has 2 N–H and O–H groups in total. The maximum Gasteiger partial charge on any atom is 0.253 e. The number of nitrogens with zero attached hydrogens (tertiary/aromatic N) is 1. The lowest BCUT2D eigenvalue weighted by molar-refractivity contribution is -0.00235. The van der Waals surface area contributed by atoms with E-state index in [-0.39, 0.29) is 28.9 Å². The van der Waals surface area contributed by atoms with Gasteiger partial charge in [-0.1, -0.05) is 82.2 Å². The Kier molecular flexibility index (Phi) is 13.2. The first-order valence-corrected chi connectivity index (χ1v) is 16.3. The third kappa shape index (κ3) is 9.13. The molecule has 2 aliphatic rings. The molecule has 1 aliphatic carbocycles. The van der Waals surface area contributed by atoms with Gasteiger partial charge in [-0.15, -0.1) is 0 Å². The second kappa shape index (κ2) is 17.0. The van der Waals surface area contributed by atoms with Crippen molar-refractivity contribution in [3.05, 3.63) is 56.3 Å². The molecular weight excluding hydrogens is 514 g/mol. The summed E-state index contributed by atoms with van der Waals surface area (Å²) in [6.45, 7) is 6.86. The first-order chi connectivity index (χ1) is 20.1. The highest BCUT2D eigenvalue weighted by molar-refractivity contribution is 5.75. The van der Waals surface area contributed by atoms with Gasteiger partial charge in [0.05, 0.1) is 6.10 Å². The zero-order chi connectivity index (χ0) is 28.9. The van der Waals surface area contributed by atoms with Crippen molar-refractivity contribution in [3.63, 3.8) is 0 Å². The molecule has 228 valence electrons. The largest absolute Gasteiger partial charge is 0.385 e. The molecule has 4 rings (SSSR count). The number of methoxy groups -OCH3 is 1. The van der Waals surface area contributed by atoms with E-state index in [1.165, 1.54) is 56.9 Å². The Morgan fingerprint density at radius 3 is 2.51 bits per heavy atom. The van der Waals surface area contributed by atoms with Crippen molar-refractivity contribution in [3.8, 4) is 0 Å². The Hall–Kier alpha value is -2.22. The van der Waals surface area contributed by atoms with Crippen LogP contribution in [-0.4, -0.2) is 52.5 Å². The van der Waals surface area contributed by atoms with Crippen LogP contribution in [0.3, 0.4) is 0 Å². The van der Waals surface area contributed by atoms with Crippen molar-refractivity contribution >= 4 is 11.4 Å². The van der Waals surface area contributed by atoms with Gasteiger partial charge < -0.3 is 25.0 Å². The highest BCUT2D eigenvalue weighted by Gasteiger charge is 2.34. The maximum atomic E-state index is 13.0. The van der Waals surface area contributed by atoms with E-state index >= 15 is 0 Å². The lowest BCUT2D eigenvalue weighted by Gasteiger charge is -2.39. The summed E-state index contributed by atoms with van der Waals surface area (Å²) in [7, 11) is 1.71. The van der Waals surface area contributed by atoms with E-state index in [0.717, 1.165) is 45.3 Å². The van der Waals surface area contributed by atoms with Gasteiger partial charge >= 0.3 is 0 Å². The standard InChI is InChI=1S/C34H53N3O4/c1-3-4-11-19-35-24-29(23-26-14-7-5-8-15-26)36-30-31(33(39)32(30)38)37-20-12-18-28(25-37)34(41-22-13-21-40-2)27-16-9-6-10-17-27/h6,9-10,16-17,26,28-29,34-36H,3-5,7-8,11-15,18-25H2,1-2H3/t28?,29-,34-/m0/s1. The molecule has 0 radical (unpaired) electrons. The number of hydrogen-bond donors (Lipinski definition) is 2. The van der Waals surface area contributed by atoms with Crippen molar-refractivity contribution in [2.75, 3.05) is 56.7 Å². The maximum absolute atomic E-state index is 13.0. The van der Waals surface area contributed by atoms with Crippen molar-refractivity contribution in [2.24, 2.45) is 11.8 Å². The first-order valence-electron chi connectivity index (χ1n) is 16.3. The molecule has 1 heterocycles. The van der Waals surface area contributed by atoms with E-state index in [4.69, 9.17) is 9.47 Å². The summed E-state index contributed by atoms with van der Waals surface area (Å²) < 4.78 is 11.7. The lowest BCUT2D eigenvalue weighted by Crippen LogP contribution is -2.49. The second-order valence-electron chi connectivity index (χ2n) is 12.3. The number of nitrogens with one attached hydrogen (secondary N) is 2. The molecule has 1 saturated heterocycles. The van der Waals surface area contributed by atoms with Gasteiger partial charge in [0.25, 0.3) is 10.9 Å². The van der Waals surface area contributed by atoms with Gasteiger partial charge in [-0.3, -0.25) is 9.59 Å². The van der Waals surface area contributed by atoms with Gasteiger partial charge in [-0.2, -0.15) is 0 Å². The SMILES string of the molecule is CCCCCNC[C@H](CC1CCCCC1)Nc1c(N2CCCC([C@@H](OCCCOC)c3ccccc3)C2)c(=O)c1=O. The van der Waals surface area contributed by atoms with E-state index in [1.54, 1.807) is 7.11 Å². The van der Waals surface area contributed by atoms with Gasteiger partial charge in [0.15, 0.2) is 0 Å². The summed E-state index contributed by atoms with van der Waals surface area (Å²) >= 11 is 0. The summed E-state index contributed by atoms with van der Waals surface area (Å²) in [5, 5.41) is 7.24. The average molecular weight is 568 g/mol. The number of piperidine rings is 1. The number of anilines is 2. The quantitative estimate of drug-likeness (QED) is 0.173. The van der Waals surface area contributed by atoms with Crippen molar-refractivity contribution in [1.82, 2.24) is 5.32 Å². The summed E-state index contributed by atoms with van der Waals surface area (Å²) in [4.78, 5) is 28.1. The Bertz CT molecular complexity index is 1080. The average Bonchev–Trinajstić information content (AvgIpc) is 3.01. The fourth-order valence-corrected chi connectivity index (χ4v) is 6.84. The van der Waals surface area contributed by atoms with Crippen LogP contribution in [0.15, 0.2) is 39.9 Å². The van der Waals surface area contributed by atoms with Crippen molar-refractivity contribution in [1.29, 1.82) is 0 Å². The zero-order valence-corrected chi connectivity index (χ0v) is 25.5. The first kappa shape index (κ1) is 31.7.